The van der Waals surface area contributed by atoms with Crippen LogP contribution in [-0.4, -0.2) is 46.8 Å². The molecule has 3 rings (SSSR count). The van der Waals surface area contributed by atoms with Crippen LogP contribution in [0.1, 0.15) is 19.3 Å². The zero-order valence-corrected chi connectivity index (χ0v) is 11.9. The zero-order valence-electron chi connectivity index (χ0n) is 11.9. The van der Waals surface area contributed by atoms with Gasteiger partial charge in [0.25, 0.3) is 0 Å². The number of benzene rings is 1. The van der Waals surface area contributed by atoms with E-state index < -0.39 is 0 Å². The Morgan fingerprint density at radius 3 is 2.70 bits per heavy atom. The van der Waals surface area contributed by atoms with Crippen LogP contribution in [0.25, 0.3) is 11.0 Å². The van der Waals surface area contributed by atoms with E-state index in [2.05, 4.69) is 32.4 Å². The second-order valence-electron chi connectivity index (χ2n) is 5.59. The van der Waals surface area contributed by atoms with Gasteiger partial charge in [-0.3, -0.25) is 0 Å². The molecule has 0 bridgehead atoms. The third kappa shape index (κ3) is 3.22. The van der Waals surface area contributed by atoms with Crippen LogP contribution in [0, 0.1) is 5.92 Å². The highest BCUT2D eigenvalue weighted by Gasteiger charge is 2.16. The lowest BCUT2D eigenvalue weighted by atomic mass is 9.94. The number of nitrogens with zero attached hydrogens (tertiary/aromatic N) is 4. The van der Waals surface area contributed by atoms with Gasteiger partial charge in [-0.15, -0.1) is 10.2 Å². The predicted molar refractivity (Wildman–Crippen MR) is 80.7 cm³/mol. The van der Waals surface area contributed by atoms with E-state index in [1.54, 1.807) is 0 Å². The summed E-state index contributed by atoms with van der Waals surface area (Å²) in [4.78, 5) is 6.88. The summed E-state index contributed by atoms with van der Waals surface area (Å²) in [6.45, 7) is 3.37. The lowest BCUT2D eigenvalue weighted by Crippen LogP contribution is -2.30. The summed E-state index contributed by atoms with van der Waals surface area (Å²) in [6.07, 6.45) is 3.79. The van der Waals surface area contributed by atoms with Gasteiger partial charge in [0.05, 0.1) is 5.52 Å². The van der Waals surface area contributed by atoms with E-state index >= 15 is 0 Å². The van der Waals surface area contributed by atoms with Crippen molar-refractivity contribution in [3.63, 3.8) is 0 Å². The van der Waals surface area contributed by atoms with E-state index in [1.807, 2.05) is 24.3 Å². The van der Waals surface area contributed by atoms with E-state index in [9.17, 15) is 0 Å². The van der Waals surface area contributed by atoms with Gasteiger partial charge in [-0.2, -0.15) is 0 Å². The number of fused-ring (bicyclic) bond motifs is 1. The van der Waals surface area contributed by atoms with Gasteiger partial charge in [-0.25, -0.2) is 4.98 Å². The largest absolute Gasteiger partial charge is 0.353 e. The molecular weight excluding hydrogens is 250 g/mol. The summed E-state index contributed by atoms with van der Waals surface area (Å²) in [6, 6.07) is 7.81. The highest BCUT2D eigenvalue weighted by atomic mass is 15.2. The maximum atomic E-state index is 4.48. The van der Waals surface area contributed by atoms with Crippen molar-refractivity contribution in [2.75, 3.05) is 32.0 Å². The Labute approximate surface area is 119 Å². The highest BCUT2D eigenvalue weighted by molar-refractivity contribution is 5.73. The first kappa shape index (κ1) is 13.2. The maximum absolute atomic E-state index is 4.48. The predicted octanol–water partition coefficient (Wildman–Crippen LogP) is 2.17. The molecule has 1 aliphatic heterocycles. The molecule has 0 saturated carbocycles. The number of anilines is 1. The summed E-state index contributed by atoms with van der Waals surface area (Å²) in [7, 11) is 2.20. The number of nitrogens with one attached hydrogen (secondary N) is 1. The van der Waals surface area contributed by atoms with E-state index in [-0.39, 0.29) is 0 Å². The number of rotatable bonds is 4. The fourth-order valence-electron chi connectivity index (χ4n) is 2.69. The molecule has 2 aromatic rings. The van der Waals surface area contributed by atoms with Crippen LogP contribution in [-0.2, 0) is 0 Å². The maximum Gasteiger partial charge on any atom is 0.243 e. The van der Waals surface area contributed by atoms with Crippen LogP contribution >= 0.6 is 0 Å². The summed E-state index contributed by atoms with van der Waals surface area (Å²) < 4.78 is 0. The fraction of sp³-hybridized carbons (Fsp3) is 0.533. The Balaban J connectivity index is 1.52. The lowest BCUT2D eigenvalue weighted by molar-refractivity contribution is 0.215. The van der Waals surface area contributed by atoms with Crippen LogP contribution < -0.4 is 5.32 Å². The molecule has 2 heterocycles. The van der Waals surface area contributed by atoms with E-state index in [0.717, 1.165) is 23.5 Å². The molecule has 0 spiro atoms. The lowest BCUT2D eigenvalue weighted by Gasteiger charge is -2.28. The van der Waals surface area contributed by atoms with Gasteiger partial charge >= 0.3 is 0 Å². The van der Waals surface area contributed by atoms with Crippen LogP contribution in [0.2, 0.25) is 0 Å². The molecule has 5 nitrogen and oxygen atoms in total. The minimum atomic E-state index is 0.636. The number of hydrogen-bond donors (Lipinski definition) is 1. The van der Waals surface area contributed by atoms with Crippen LogP contribution in [0.15, 0.2) is 24.3 Å². The smallest absolute Gasteiger partial charge is 0.243 e. The normalized spacial score (nSPS) is 17.4. The number of para-hydroxylation sites is 1. The van der Waals surface area contributed by atoms with E-state index in [0.29, 0.717) is 5.95 Å². The Bertz CT molecular complexity index is 563. The van der Waals surface area contributed by atoms with E-state index in [1.165, 1.54) is 32.4 Å². The first-order chi connectivity index (χ1) is 9.81. The molecule has 1 aromatic heterocycles. The van der Waals surface area contributed by atoms with Gasteiger partial charge in [-0.1, -0.05) is 12.1 Å². The SMILES string of the molecule is CN1CCC(CCNc2nnc3ccccc3n2)CC1. The minimum absolute atomic E-state index is 0.636. The molecular formula is C15H21N5. The van der Waals surface area contributed by atoms with Gasteiger partial charge in [0.1, 0.15) is 5.52 Å². The van der Waals surface area contributed by atoms with Crippen LogP contribution in [0.5, 0.6) is 0 Å². The summed E-state index contributed by atoms with van der Waals surface area (Å²) in [5, 5.41) is 11.6. The standard InChI is InChI=1S/C15H21N5/c1-20-10-7-12(8-11-20)6-9-16-15-17-13-4-2-3-5-14(13)18-19-15/h2-5,12H,6-11H2,1H3,(H,16,17,19). The van der Waals surface area contributed by atoms with Gasteiger partial charge in [0.15, 0.2) is 0 Å². The average molecular weight is 271 g/mol. The minimum Gasteiger partial charge on any atom is -0.353 e. The van der Waals surface area contributed by atoms with Gasteiger partial charge in [0, 0.05) is 6.54 Å². The van der Waals surface area contributed by atoms with Crippen molar-refractivity contribution < 1.29 is 0 Å². The third-order valence-corrected chi connectivity index (χ3v) is 4.03. The first-order valence-corrected chi connectivity index (χ1v) is 7.33. The molecule has 106 valence electrons. The number of piperidine rings is 1. The number of aromatic nitrogens is 3. The molecule has 20 heavy (non-hydrogen) atoms. The summed E-state index contributed by atoms with van der Waals surface area (Å²) in [5.41, 5.74) is 1.73. The van der Waals surface area contributed by atoms with Crippen LogP contribution in [0.4, 0.5) is 5.95 Å². The molecule has 1 aromatic carbocycles. The van der Waals surface area contributed by atoms with Crippen molar-refractivity contribution in [3.8, 4) is 0 Å². The summed E-state index contributed by atoms with van der Waals surface area (Å²) in [5.74, 6) is 1.46. The van der Waals surface area contributed by atoms with E-state index in [4.69, 9.17) is 0 Å². The molecule has 0 amide bonds. The first-order valence-electron chi connectivity index (χ1n) is 7.33. The van der Waals surface area contributed by atoms with Crippen molar-refractivity contribution >= 4 is 17.0 Å². The molecule has 1 fully saturated rings. The second-order valence-corrected chi connectivity index (χ2v) is 5.59. The van der Waals surface area contributed by atoms with Gasteiger partial charge in [0.2, 0.25) is 5.95 Å². The van der Waals surface area contributed by atoms with Crippen molar-refractivity contribution in [2.45, 2.75) is 19.3 Å². The van der Waals surface area contributed by atoms with Gasteiger partial charge < -0.3 is 10.2 Å². The van der Waals surface area contributed by atoms with Crippen molar-refractivity contribution in [1.29, 1.82) is 0 Å². The van der Waals surface area contributed by atoms with Crippen LogP contribution in [0.3, 0.4) is 0 Å². The molecule has 1 saturated heterocycles. The quantitative estimate of drug-likeness (QED) is 0.923. The van der Waals surface area contributed by atoms with Gasteiger partial charge in [-0.05, 0) is 57.5 Å². The Kier molecular flexibility index (Phi) is 4.06. The third-order valence-electron chi connectivity index (χ3n) is 4.03. The Hall–Kier alpha value is -1.75. The molecule has 0 aliphatic carbocycles. The Morgan fingerprint density at radius 1 is 1.15 bits per heavy atom. The highest BCUT2D eigenvalue weighted by Crippen LogP contribution is 2.19. The molecule has 1 aliphatic rings. The molecule has 0 unspecified atom stereocenters. The molecule has 0 atom stereocenters. The van der Waals surface area contributed by atoms with Crippen molar-refractivity contribution in [1.82, 2.24) is 20.1 Å². The summed E-state index contributed by atoms with van der Waals surface area (Å²) >= 11 is 0. The Morgan fingerprint density at radius 2 is 1.90 bits per heavy atom. The number of hydrogen-bond acceptors (Lipinski definition) is 5. The topological polar surface area (TPSA) is 53.9 Å². The average Bonchev–Trinajstić information content (AvgIpc) is 2.49. The van der Waals surface area contributed by atoms with Crippen molar-refractivity contribution in [2.24, 2.45) is 5.92 Å². The molecule has 0 radical (unpaired) electrons. The molecule has 1 N–H and O–H groups in total. The second kappa shape index (κ2) is 6.13. The number of likely N-dealkylation sites (tertiary alicyclic amines) is 1. The molecule has 5 heteroatoms. The van der Waals surface area contributed by atoms with Crippen molar-refractivity contribution in [3.05, 3.63) is 24.3 Å². The monoisotopic (exact) mass is 271 g/mol. The zero-order chi connectivity index (χ0) is 13.8. The fourth-order valence-corrected chi connectivity index (χ4v) is 2.69.